The van der Waals surface area contributed by atoms with Gasteiger partial charge in [0.1, 0.15) is 18.1 Å². The maximum absolute atomic E-state index is 11.6. The molecule has 0 amide bonds. The largest absolute Gasteiger partial charge is 0.479 e. The summed E-state index contributed by atoms with van der Waals surface area (Å²) in [5.41, 5.74) is 0. The smallest absolute Gasteiger partial charge is 0.347 e. The third-order valence-electron chi connectivity index (χ3n) is 2.62. The van der Waals surface area contributed by atoms with Crippen LogP contribution in [0.2, 0.25) is 0 Å². The predicted molar refractivity (Wildman–Crippen MR) is 87.5 cm³/mol. The lowest BCUT2D eigenvalue weighted by molar-refractivity contribution is -0.149. The molecule has 120 valence electrons. The molecule has 2 rings (SSSR count). The molecule has 0 fully saturated rings. The third-order valence-corrected chi connectivity index (χ3v) is 3.03. The second kappa shape index (κ2) is 8.28. The fourth-order valence-electron chi connectivity index (χ4n) is 1.56. The van der Waals surface area contributed by atoms with Crippen molar-refractivity contribution in [3.05, 3.63) is 53.8 Å². The Morgan fingerprint density at radius 3 is 2.48 bits per heavy atom. The Hall–Kier alpha value is -2.41. The molecule has 0 spiro atoms. The van der Waals surface area contributed by atoms with E-state index < -0.39 is 12.1 Å². The number of esters is 1. The van der Waals surface area contributed by atoms with E-state index in [1.807, 2.05) is 0 Å². The van der Waals surface area contributed by atoms with Crippen LogP contribution in [0.5, 0.6) is 17.5 Å². The van der Waals surface area contributed by atoms with Gasteiger partial charge in [-0.3, -0.25) is 0 Å². The van der Waals surface area contributed by atoms with Crippen LogP contribution in [-0.4, -0.2) is 28.6 Å². The lowest BCUT2D eigenvalue weighted by Crippen LogP contribution is -2.26. The van der Waals surface area contributed by atoms with Crippen LogP contribution in [0.3, 0.4) is 0 Å². The molecule has 1 unspecified atom stereocenters. The summed E-state index contributed by atoms with van der Waals surface area (Å²) in [6, 6.07) is 7.00. The minimum absolute atomic E-state index is 0.159. The zero-order valence-electron chi connectivity index (χ0n) is 12.4. The van der Waals surface area contributed by atoms with Gasteiger partial charge in [-0.15, -0.1) is 0 Å². The van der Waals surface area contributed by atoms with Crippen molar-refractivity contribution in [1.82, 2.24) is 9.97 Å². The number of carbonyl (C=O) groups excluding carboxylic acids is 1. The van der Waals surface area contributed by atoms with Gasteiger partial charge in [0, 0.05) is 12.4 Å². The molecule has 1 aromatic heterocycles. The summed E-state index contributed by atoms with van der Waals surface area (Å²) in [6.45, 7) is 5.26. The van der Waals surface area contributed by atoms with Crippen molar-refractivity contribution < 1.29 is 19.0 Å². The van der Waals surface area contributed by atoms with Gasteiger partial charge in [-0.1, -0.05) is 12.7 Å². The highest BCUT2D eigenvalue weighted by Crippen LogP contribution is 2.22. The zero-order valence-corrected chi connectivity index (χ0v) is 14.0. The van der Waals surface area contributed by atoms with Crippen molar-refractivity contribution >= 4 is 21.9 Å². The minimum Gasteiger partial charge on any atom is -0.479 e. The zero-order chi connectivity index (χ0) is 16.7. The first-order chi connectivity index (χ1) is 11.1. The van der Waals surface area contributed by atoms with Crippen molar-refractivity contribution in [2.24, 2.45) is 0 Å². The van der Waals surface area contributed by atoms with Crippen LogP contribution in [0.4, 0.5) is 0 Å². The van der Waals surface area contributed by atoms with Crippen molar-refractivity contribution in [3.8, 4) is 17.5 Å². The number of halogens is 1. The van der Waals surface area contributed by atoms with Gasteiger partial charge in [0.05, 0.1) is 4.47 Å². The first kappa shape index (κ1) is 17.0. The van der Waals surface area contributed by atoms with E-state index in [0.29, 0.717) is 11.5 Å². The number of rotatable bonds is 7. The van der Waals surface area contributed by atoms with Gasteiger partial charge in [-0.05, 0) is 47.1 Å². The molecule has 0 saturated carbocycles. The topological polar surface area (TPSA) is 70.5 Å². The highest BCUT2D eigenvalue weighted by Gasteiger charge is 2.15. The summed E-state index contributed by atoms with van der Waals surface area (Å²) in [4.78, 5) is 19.6. The first-order valence-electron chi connectivity index (χ1n) is 6.78. The van der Waals surface area contributed by atoms with Crippen LogP contribution >= 0.6 is 15.9 Å². The minimum atomic E-state index is -0.712. The molecule has 1 aromatic carbocycles. The van der Waals surface area contributed by atoms with Crippen molar-refractivity contribution in [1.29, 1.82) is 0 Å². The Balaban J connectivity index is 1.92. The van der Waals surface area contributed by atoms with Crippen LogP contribution in [0.1, 0.15) is 6.92 Å². The second-order valence-corrected chi connectivity index (χ2v) is 5.35. The van der Waals surface area contributed by atoms with Gasteiger partial charge < -0.3 is 14.2 Å². The Morgan fingerprint density at radius 1 is 1.26 bits per heavy atom. The Labute approximate surface area is 142 Å². The molecule has 0 aliphatic rings. The van der Waals surface area contributed by atoms with Crippen LogP contribution < -0.4 is 9.47 Å². The lowest BCUT2D eigenvalue weighted by Gasteiger charge is -2.13. The van der Waals surface area contributed by atoms with Crippen LogP contribution in [0, 0.1) is 0 Å². The van der Waals surface area contributed by atoms with E-state index in [-0.39, 0.29) is 12.6 Å². The summed E-state index contributed by atoms with van der Waals surface area (Å²) in [5, 5.41) is 0. The molecule has 0 aliphatic heterocycles. The molecular formula is C16H15BrN2O4. The summed E-state index contributed by atoms with van der Waals surface area (Å²) in [5.74, 6) is 0.632. The van der Waals surface area contributed by atoms with Gasteiger partial charge in [-0.2, -0.15) is 0 Å². The van der Waals surface area contributed by atoms with Gasteiger partial charge in [-0.25, -0.2) is 14.8 Å². The van der Waals surface area contributed by atoms with Crippen molar-refractivity contribution in [2.75, 3.05) is 6.61 Å². The predicted octanol–water partition coefficient (Wildman–Crippen LogP) is 3.53. The average molecular weight is 379 g/mol. The van der Waals surface area contributed by atoms with E-state index in [9.17, 15) is 4.79 Å². The van der Waals surface area contributed by atoms with Gasteiger partial charge in [0.15, 0.2) is 6.10 Å². The van der Waals surface area contributed by atoms with E-state index in [1.165, 1.54) is 6.08 Å². The Morgan fingerprint density at radius 2 is 1.87 bits per heavy atom. The summed E-state index contributed by atoms with van der Waals surface area (Å²) in [6.07, 6.45) is 3.98. The summed E-state index contributed by atoms with van der Waals surface area (Å²) >= 11 is 3.25. The number of hydrogen-bond acceptors (Lipinski definition) is 6. The van der Waals surface area contributed by atoms with Gasteiger partial charge in [0.2, 0.25) is 0 Å². The molecule has 0 bridgehead atoms. The lowest BCUT2D eigenvalue weighted by atomic mass is 10.3. The summed E-state index contributed by atoms with van der Waals surface area (Å²) in [7, 11) is 0. The highest BCUT2D eigenvalue weighted by atomic mass is 79.9. The van der Waals surface area contributed by atoms with E-state index in [1.54, 1.807) is 43.6 Å². The van der Waals surface area contributed by atoms with E-state index in [0.717, 1.165) is 4.47 Å². The number of nitrogens with zero attached hydrogens (tertiary/aromatic N) is 2. The standard InChI is InChI=1S/C16H15BrN2O4/c1-3-8-21-15(20)11(2)22-13-4-6-14(7-5-13)23-16-18-9-12(17)10-19-16/h3-7,9-11H,1,8H2,2H3. The molecule has 23 heavy (non-hydrogen) atoms. The molecule has 0 radical (unpaired) electrons. The molecule has 7 heteroatoms. The second-order valence-electron chi connectivity index (χ2n) is 4.44. The summed E-state index contributed by atoms with van der Waals surface area (Å²) < 4.78 is 16.7. The number of benzene rings is 1. The average Bonchev–Trinajstić information content (AvgIpc) is 2.56. The molecule has 0 saturated heterocycles. The number of hydrogen-bond donors (Lipinski definition) is 0. The van der Waals surface area contributed by atoms with Crippen LogP contribution in [0.25, 0.3) is 0 Å². The molecule has 1 heterocycles. The first-order valence-corrected chi connectivity index (χ1v) is 7.57. The molecule has 0 N–H and O–H groups in total. The van der Waals surface area contributed by atoms with E-state index >= 15 is 0 Å². The monoisotopic (exact) mass is 378 g/mol. The van der Waals surface area contributed by atoms with Crippen LogP contribution in [-0.2, 0) is 9.53 Å². The number of aromatic nitrogens is 2. The molecule has 0 aliphatic carbocycles. The van der Waals surface area contributed by atoms with Crippen molar-refractivity contribution in [2.45, 2.75) is 13.0 Å². The molecule has 6 nitrogen and oxygen atoms in total. The normalized spacial score (nSPS) is 11.4. The van der Waals surface area contributed by atoms with E-state index in [4.69, 9.17) is 14.2 Å². The maximum atomic E-state index is 11.6. The van der Waals surface area contributed by atoms with E-state index in [2.05, 4.69) is 32.5 Å². The van der Waals surface area contributed by atoms with Crippen molar-refractivity contribution in [3.63, 3.8) is 0 Å². The molecular weight excluding hydrogens is 364 g/mol. The quantitative estimate of drug-likeness (QED) is 0.542. The fraction of sp³-hybridized carbons (Fsp3) is 0.188. The fourth-order valence-corrected chi connectivity index (χ4v) is 1.76. The van der Waals surface area contributed by atoms with Gasteiger partial charge in [0.25, 0.3) is 0 Å². The third kappa shape index (κ3) is 5.37. The SMILES string of the molecule is C=CCOC(=O)C(C)Oc1ccc(Oc2ncc(Br)cn2)cc1. The number of carbonyl (C=O) groups is 1. The highest BCUT2D eigenvalue weighted by molar-refractivity contribution is 9.10. The number of ether oxygens (including phenoxy) is 3. The maximum Gasteiger partial charge on any atom is 0.347 e. The van der Waals surface area contributed by atoms with Gasteiger partial charge >= 0.3 is 12.0 Å². The Bertz CT molecular complexity index is 659. The van der Waals surface area contributed by atoms with Crippen LogP contribution in [0.15, 0.2) is 53.8 Å². The Kier molecular flexibility index (Phi) is 6.10. The molecule has 1 atom stereocenters. The molecule has 2 aromatic rings.